The summed E-state index contributed by atoms with van der Waals surface area (Å²) in [6.45, 7) is 7.89. The summed E-state index contributed by atoms with van der Waals surface area (Å²) in [5.41, 5.74) is 3.51. The number of aryl methyl sites for hydroxylation is 1. The lowest BCUT2D eigenvalue weighted by Gasteiger charge is -2.32. The molecule has 0 radical (unpaired) electrons. The third-order valence-electron chi connectivity index (χ3n) is 5.35. The number of likely N-dealkylation sites (tertiary alicyclic amines) is 1. The van der Waals surface area contributed by atoms with E-state index in [0.717, 1.165) is 42.8 Å². The molecule has 1 N–H and O–H groups in total. The van der Waals surface area contributed by atoms with Crippen LogP contribution < -0.4 is 4.74 Å². The highest BCUT2D eigenvalue weighted by Crippen LogP contribution is 2.30. The van der Waals surface area contributed by atoms with E-state index in [1.54, 1.807) is 12.1 Å². The van der Waals surface area contributed by atoms with Crippen LogP contribution in [0.25, 0.3) is 0 Å². The maximum absolute atomic E-state index is 12.6. The molecule has 0 aromatic heterocycles. The summed E-state index contributed by atoms with van der Waals surface area (Å²) in [6.07, 6.45) is 1.89. The van der Waals surface area contributed by atoms with Gasteiger partial charge in [0.2, 0.25) is 0 Å². The summed E-state index contributed by atoms with van der Waals surface area (Å²) < 4.78 is 5.90. The van der Waals surface area contributed by atoms with Crippen molar-refractivity contribution in [2.75, 3.05) is 19.7 Å². The minimum atomic E-state index is 0.0513. The van der Waals surface area contributed by atoms with E-state index in [1.807, 2.05) is 30.0 Å². The first-order chi connectivity index (χ1) is 12.9. The van der Waals surface area contributed by atoms with Crippen LogP contribution in [0.5, 0.6) is 11.5 Å². The van der Waals surface area contributed by atoms with Gasteiger partial charge in [0, 0.05) is 13.1 Å². The van der Waals surface area contributed by atoms with Gasteiger partial charge in [-0.2, -0.15) is 0 Å². The van der Waals surface area contributed by atoms with E-state index in [4.69, 9.17) is 4.74 Å². The number of phenolic OH excluding ortho intramolecular Hbond substituents is 1. The number of piperidine rings is 1. The fourth-order valence-electron chi connectivity index (χ4n) is 3.68. The second-order valence-electron chi connectivity index (χ2n) is 7.73. The number of rotatable bonds is 5. The average Bonchev–Trinajstić information content (AvgIpc) is 2.66. The number of carbonyl (C=O) groups is 1. The lowest BCUT2D eigenvalue weighted by molar-refractivity contribution is -0.134. The molecular weight excluding hydrogens is 338 g/mol. The molecule has 1 aliphatic heterocycles. The number of carbonyl (C=O) groups excluding carboxylic acids is 1. The third-order valence-corrected chi connectivity index (χ3v) is 5.35. The van der Waals surface area contributed by atoms with Crippen LogP contribution in [0.15, 0.2) is 42.5 Å². The molecule has 4 heteroatoms. The number of hydrogen-bond acceptors (Lipinski definition) is 3. The van der Waals surface area contributed by atoms with Crippen molar-refractivity contribution in [3.8, 4) is 11.5 Å². The molecule has 1 aliphatic rings. The monoisotopic (exact) mass is 367 g/mol. The first-order valence-electron chi connectivity index (χ1n) is 9.74. The highest BCUT2D eigenvalue weighted by molar-refractivity contribution is 5.78. The van der Waals surface area contributed by atoms with Crippen molar-refractivity contribution in [3.63, 3.8) is 0 Å². The van der Waals surface area contributed by atoms with E-state index < -0.39 is 0 Å². The first kappa shape index (κ1) is 19.3. The van der Waals surface area contributed by atoms with Gasteiger partial charge in [-0.15, -0.1) is 0 Å². The normalized spacial score (nSPS) is 15.2. The number of phenols is 1. The van der Waals surface area contributed by atoms with Gasteiger partial charge < -0.3 is 14.7 Å². The summed E-state index contributed by atoms with van der Waals surface area (Å²) in [6, 6.07) is 13.6. The standard InChI is InChI=1S/C23H29NO3/c1-16(2)21-9-4-17(3)14-22(21)27-15-23(26)24-12-10-19(11-13-24)18-5-7-20(25)8-6-18/h4-9,14,16,19,25H,10-13,15H2,1-3H3. The quantitative estimate of drug-likeness (QED) is 0.840. The van der Waals surface area contributed by atoms with Crippen molar-refractivity contribution in [1.29, 1.82) is 0 Å². The largest absolute Gasteiger partial charge is 0.508 e. The second kappa shape index (κ2) is 8.47. The second-order valence-corrected chi connectivity index (χ2v) is 7.73. The first-order valence-corrected chi connectivity index (χ1v) is 9.74. The van der Waals surface area contributed by atoms with Crippen molar-refractivity contribution in [3.05, 3.63) is 59.2 Å². The van der Waals surface area contributed by atoms with Gasteiger partial charge in [0.25, 0.3) is 5.91 Å². The third kappa shape index (κ3) is 4.82. The topological polar surface area (TPSA) is 49.8 Å². The number of benzene rings is 2. The molecule has 0 saturated carbocycles. The summed E-state index contributed by atoms with van der Waals surface area (Å²) in [7, 11) is 0. The van der Waals surface area contributed by atoms with Crippen molar-refractivity contribution in [2.24, 2.45) is 0 Å². The highest BCUT2D eigenvalue weighted by Gasteiger charge is 2.24. The van der Waals surface area contributed by atoms with E-state index in [9.17, 15) is 9.90 Å². The van der Waals surface area contributed by atoms with Crippen LogP contribution in [0.1, 0.15) is 55.2 Å². The van der Waals surface area contributed by atoms with Crippen LogP contribution in [-0.2, 0) is 4.79 Å². The van der Waals surface area contributed by atoms with Crippen LogP contribution in [0.3, 0.4) is 0 Å². The van der Waals surface area contributed by atoms with Crippen LogP contribution in [0.4, 0.5) is 0 Å². The van der Waals surface area contributed by atoms with Crippen LogP contribution in [-0.4, -0.2) is 35.6 Å². The van der Waals surface area contributed by atoms with Gasteiger partial charge >= 0.3 is 0 Å². The molecule has 1 saturated heterocycles. The van der Waals surface area contributed by atoms with Crippen molar-refractivity contribution >= 4 is 5.91 Å². The molecule has 0 aliphatic carbocycles. The van der Waals surface area contributed by atoms with E-state index in [0.29, 0.717) is 17.6 Å². The molecule has 0 spiro atoms. The lowest BCUT2D eigenvalue weighted by atomic mass is 9.89. The average molecular weight is 367 g/mol. The Bertz CT molecular complexity index is 775. The van der Waals surface area contributed by atoms with Gasteiger partial charge in [0.15, 0.2) is 6.61 Å². The molecule has 0 atom stereocenters. The zero-order valence-electron chi connectivity index (χ0n) is 16.4. The zero-order chi connectivity index (χ0) is 19.4. The molecule has 1 fully saturated rings. The van der Waals surface area contributed by atoms with Crippen LogP contribution in [0, 0.1) is 6.92 Å². The SMILES string of the molecule is Cc1ccc(C(C)C)c(OCC(=O)N2CCC(c3ccc(O)cc3)CC2)c1. The van der Waals surface area contributed by atoms with Crippen molar-refractivity contribution < 1.29 is 14.6 Å². The Hall–Kier alpha value is -2.49. The summed E-state index contributed by atoms with van der Waals surface area (Å²) in [4.78, 5) is 14.5. The maximum atomic E-state index is 12.6. The maximum Gasteiger partial charge on any atom is 0.260 e. The molecule has 1 heterocycles. The Balaban J connectivity index is 1.54. The Morgan fingerprint density at radius 1 is 1.15 bits per heavy atom. The van der Waals surface area contributed by atoms with Gasteiger partial charge in [0.1, 0.15) is 11.5 Å². The van der Waals surface area contributed by atoms with E-state index in [-0.39, 0.29) is 12.5 Å². The van der Waals surface area contributed by atoms with Crippen LogP contribution >= 0.6 is 0 Å². The number of nitrogens with zero attached hydrogens (tertiary/aromatic N) is 1. The van der Waals surface area contributed by atoms with Gasteiger partial charge in [-0.3, -0.25) is 4.79 Å². The Labute approximate surface area is 161 Å². The number of amides is 1. The smallest absolute Gasteiger partial charge is 0.260 e. The molecule has 27 heavy (non-hydrogen) atoms. The summed E-state index contributed by atoms with van der Waals surface area (Å²) in [5.74, 6) is 1.96. The Morgan fingerprint density at radius 3 is 2.44 bits per heavy atom. The van der Waals surface area contributed by atoms with E-state index >= 15 is 0 Å². The number of ether oxygens (including phenoxy) is 1. The molecule has 3 rings (SSSR count). The lowest BCUT2D eigenvalue weighted by Crippen LogP contribution is -2.40. The minimum Gasteiger partial charge on any atom is -0.508 e. The van der Waals surface area contributed by atoms with Gasteiger partial charge in [-0.25, -0.2) is 0 Å². The van der Waals surface area contributed by atoms with Gasteiger partial charge in [-0.05, 0) is 66.5 Å². The molecule has 144 valence electrons. The Morgan fingerprint density at radius 2 is 1.81 bits per heavy atom. The predicted octanol–water partition coefficient (Wildman–Crippen LogP) is 4.61. The molecule has 2 aromatic rings. The zero-order valence-corrected chi connectivity index (χ0v) is 16.4. The molecular formula is C23H29NO3. The minimum absolute atomic E-state index is 0.0513. The fraction of sp³-hybridized carbons (Fsp3) is 0.435. The summed E-state index contributed by atoms with van der Waals surface area (Å²) >= 11 is 0. The summed E-state index contributed by atoms with van der Waals surface area (Å²) in [5, 5.41) is 9.43. The fourth-order valence-corrected chi connectivity index (χ4v) is 3.68. The van der Waals surface area contributed by atoms with E-state index in [2.05, 4.69) is 26.0 Å². The highest BCUT2D eigenvalue weighted by atomic mass is 16.5. The van der Waals surface area contributed by atoms with E-state index in [1.165, 1.54) is 5.56 Å². The van der Waals surface area contributed by atoms with Crippen molar-refractivity contribution in [1.82, 2.24) is 4.90 Å². The number of hydrogen-bond donors (Lipinski definition) is 1. The van der Waals surface area contributed by atoms with Crippen molar-refractivity contribution in [2.45, 2.75) is 45.4 Å². The van der Waals surface area contributed by atoms with Crippen LogP contribution in [0.2, 0.25) is 0 Å². The molecule has 2 aromatic carbocycles. The molecule has 0 bridgehead atoms. The van der Waals surface area contributed by atoms with Gasteiger partial charge in [-0.1, -0.05) is 38.1 Å². The predicted molar refractivity (Wildman–Crippen MR) is 107 cm³/mol. The molecule has 0 unspecified atom stereocenters. The number of aromatic hydroxyl groups is 1. The molecule has 4 nitrogen and oxygen atoms in total. The van der Waals surface area contributed by atoms with Gasteiger partial charge in [0.05, 0.1) is 0 Å². The molecule has 1 amide bonds. The Kier molecular flexibility index (Phi) is 6.04.